The van der Waals surface area contributed by atoms with Crippen LogP contribution in [0.15, 0.2) is 24.3 Å². The van der Waals surface area contributed by atoms with E-state index in [-0.39, 0.29) is 0 Å². The molecule has 0 amide bonds. The number of aldehydes is 1. The quantitative estimate of drug-likeness (QED) is 0.407. The summed E-state index contributed by atoms with van der Waals surface area (Å²) in [5.41, 5.74) is 2.86. The van der Waals surface area contributed by atoms with E-state index in [1.165, 1.54) is 5.56 Å². The van der Waals surface area contributed by atoms with Gasteiger partial charge >= 0.3 is 0 Å². The number of carbonyl (C=O) groups excluding carboxylic acids is 1. The second-order valence-corrected chi connectivity index (χ2v) is 6.80. The highest BCUT2D eigenvalue weighted by Crippen LogP contribution is 2.43. The maximum Gasteiger partial charge on any atom is 0.173 e. The van der Waals surface area contributed by atoms with E-state index in [1.54, 1.807) is 14.2 Å². The Morgan fingerprint density at radius 2 is 1.68 bits per heavy atom. The van der Waals surface area contributed by atoms with E-state index < -0.39 is 8.38 Å². The molecule has 1 atom stereocenters. The van der Waals surface area contributed by atoms with Crippen LogP contribution in [0, 0.1) is 0 Å². The van der Waals surface area contributed by atoms with Gasteiger partial charge in [-0.3, -0.25) is 0 Å². The number of carbonyl (C=O) groups is 1. The Labute approximate surface area is 145 Å². The van der Waals surface area contributed by atoms with Crippen LogP contribution in [-0.4, -0.2) is 38.5 Å². The zero-order valence-electron chi connectivity index (χ0n) is 14.4. The number of anilines is 1. The Kier molecular flexibility index (Phi) is 18.3. The molecule has 22 heavy (non-hydrogen) atoms. The highest BCUT2D eigenvalue weighted by Gasteiger charge is 2.17. The Morgan fingerprint density at radius 1 is 1.23 bits per heavy atom. The average molecular weight is 394 g/mol. The van der Waals surface area contributed by atoms with Crippen LogP contribution in [0.25, 0.3) is 0 Å². The summed E-state index contributed by atoms with van der Waals surface area (Å²) in [6, 6.07) is 8.45. The molecule has 128 valence electrons. The molecule has 0 spiro atoms. The maximum absolute atomic E-state index is 9.13. The van der Waals surface area contributed by atoms with Crippen molar-refractivity contribution in [2.24, 2.45) is 0 Å². The lowest BCUT2D eigenvalue weighted by Crippen LogP contribution is -2.06. The van der Waals surface area contributed by atoms with E-state index >= 15 is 0 Å². The topological polar surface area (TPSA) is 47.6 Å². The second kappa shape index (κ2) is 16.9. The molecule has 0 aliphatic rings. The molecule has 1 aromatic rings. The van der Waals surface area contributed by atoms with Crippen molar-refractivity contribution in [3.05, 3.63) is 29.8 Å². The zero-order valence-corrected chi connectivity index (χ0v) is 16.9. The van der Waals surface area contributed by atoms with Gasteiger partial charge in [-0.1, -0.05) is 48.8 Å². The third-order valence-electron chi connectivity index (χ3n) is 2.56. The van der Waals surface area contributed by atoms with Crippen molar-refractivity contribution >= 4 is 36.3 Å². The molecular weight excluding hydrogens is 365 g/mol. The molecule has 0 aromatic heterocycles. The minimum absolute atomic E-state index is 0.408. The second-order valence-electron chi connectivity index (χ2n) is 3.97. The molecule has 1 aromatic carbocycles. The van der Waals surface area contributed by atoms with Crippen molar-refractivity contribution in [3.8, 4) is 0 Å². The maximum atomic E-state index is 9.13. The van der Waals surface area contributed by atoms with Crippen molar-refractivity contribution < 1.29 is 13.8 Å². The van der Waals surface area contributed by atoms with Gasteiger partial charge in [0, 0.05) is 32.6 Å². The van der Waals surface area contributed by atoms with Gasteiger partial charge in [0.05, 0.1) is 5.33 Å². The van der Waals surface area contributed by atoms with Crippen LogP contribution in [0.3, 0.4) is 0 Å². The Balaban J connectivity index is 0. The Hall–Kier alpha value is -0.480. The van der Waals surface area contributed by atoms with E-state index in [2.05, 4.69) is 52.4 Å². The predicted octanol–water partition coefficient (Wildman–Crippen LogP) is 4.87. The Morgan fingerprint density at radius 3 is 2.00 bits per heavy atom. The van der Waals surface area contributed by atoms with Crippen LogP contribution in [-0.2, 0) is 20.3 Å². The fourth-order valence-electron chi connectivity index (χ4n) is 1.66. The van der Waals surface area contributed by atoms with Gasteiger partial charge in [0.25, 0.3) is 0 Å². The number of hydrogen-bond donors (Lipinski definition) is 1. The van der Waals surface area contributed by atoms with Gasteiger partial charge in [0.1, 0.15) is 6.29 Å². The molecule has 4 nitrogen and oxygen atoms in total. The minimum Gasteiger partial charge on any atom is -0.388 e. The predicted molar refractivity (Wildman–Crippen MR) is 101 cm³/mol. The minimum atomic E-state index is -0.768. The molecule has 0 radical (unpaired) electrons. The smallest absolute Gasteiger partial charge is 0.173 e. The van der Waals surface area contributed by atoms with E-state index in [0.29, 0.717) is 11.0 Å². The van der Waals surface area contributed by atoms with Gasteiger partial charge in [-0.25, -0.2) is 0 Å². The lowest BCUT2D eigenvalue weighted by molar-refractivity contribution is -0.105. The van der Waals surface area contributed by atoms with Gasteiger partial charge < -0.3 is 19.2 Å². The molecule has 0 aliphatic carbocycles. The number of nitrogens with one attached hydrogen (secondary N) is 1. The number of benzene rings is 1. The molecule has 1 N–H and O–H groups in total. The first-order chi connectivity index (χ1) is 10.6. The van der Waals surface area contributed by atoms with Crippen LogP contribution in [0.1, 0.15) is 26.3 Å². The van der Waals surface area contributed by atoms with Crippen molar-refractivity contribution in [1.82, 2.24) is 0 Å². The number of rotatable bonds is 7. The summed E-state index contributed by atoms with van der Waals surface area (Å²) >= 11 is 2.88. The van der Waals surface area contributed by atoms with E-state index in [1.807, 2.05) is 20.9 Å². The molecule has 1 rings (SSSR count). The van der Waals surface area contributed by atoms with E-state index in [9.17, 15) is 0 Å². The number of hydrogen-bond acceptors (Lipinski definition) is 4. The molecule has 0 saturated carbocycles. The van der Waals surface area contributed by atoms with Crippen LogP contribution in [0.5, 0.6) is 0 Å². The largest absolute Gasteiger partial charge is 0.388 e. The Bertz CT molecular complexity index is 359. The van der Waals surface area contributed by atoms with Crippen LogP contribution < -0.4 is 5.32 Å². The van der Waals surface area contributed by atoms with Crippen LogP contribution >= 0.6 is 24.3 Å². The van der Waals surface area contributed by atoms with Crippen molar-refractivity contribution in [2.45, 2.75) is 32.9 Å². The van der Waals surface area contributed by atoms with Gasteiger partial charge in [0.2, 0.25) is 0 Å². The first-order valence-electron chi connectivity index (χ1n) is 7.26. The summed E-state index contributed by atoms with van der Waals surface area (Å²) in [6.07, 6.45) is 1.78. The van der Waals surface area contributed by atoms with Crippen molar-refractivity contribution in [1.29, 1.82) is 0 Å². The highest BCUT2D eigenvalue weighted by atomic mass is 79.9. The molecular formula is C16H29BrNO3P. The van der Waals surface area contributed by atoms with Crippen LogP contribution in [0.2, 0.25) is 0 Å². The SMILES string of the molecule is CC.CNc1ccc(CC(C)P(OC)OC)cc1.O=CCBr. The summed E-state index contributed by atoms with van der Waals surface area (Å²) in [4.78, 5) is 9.13. The normalized spacial score (nSPS) is 10.7. The fraction of sp³-hybridized carbons (Fsp3) is 0.562. The molecule has 0 saturated heterocycles. The summed E-state index contributed by atoms with van der Waals surface area (Å²) in [7, 11) is 4.56. The van der Waals surface area contributed by atoms with Gasteiger partial charge in [0.15, 0.2) is 8.38 Å². The first-order valence-corrected chi connectivity index (χ1v) is 9.63. The van der Waals surface area contributed by atoms with E-state index in [0.717, 1.165) is 18.4 Å². The summed E-state index contributed by atoms with van der Waals surface area (Å²) < 4.78 is 10.6. The first kappa shape index (κ1) is 23.8. The van der Waals surface area contributed by atoms with E-state index in [4.69, 9.17) is 13.8 Å². The molecule has 1 unspecified atom stereocenters. The van der Waals surface area contributed by atoms with Gasteiger partial charge in [-0.05, 0) is 24.1 Å². The number of halogens is 1. The number of alkyl halides is 1. The standard InChI is InChI=1S/C12H20NO2P.C2H3BrO.C2H6/c1-10(16(14-3)15-4)9-11-5-7-12(13-2)8-6-11;3-1-2-4;1-2/h5-8,10,13H,9H2,1-4H3;2H,1H2;1-2H3. The molecule has 0 aliphatic heterocycles. The highest BCUT2D eigenvalue weighted by molar-refractivity contribution is 9.09. The van der Waals surface area contributed by atoms with Crippen molar-refractivity contribution in [2.75, 3.05) is 31.9 Å². The molecule has 0 bridgehead atoms. The van der Waals surface area contributed by atoms with Crippen molar-refractivity contribution in [3.63, 3.8) is 0 Å². The van der Waals surface area contributed by atoms with Gasteiger partial charge in [-0.2, -0.15) is 0 Å². The average Bonchev–Trinajstić information content (AvgIpc) is 2.58. The third-order valence-corrected chi connectivity index (χ3v) is 4.44. The third kappa shape index (κ3) is 11.1. The molecule has 0 heterocycles. The monoisotopic (exact) mass is 393 g/mol. The summed E-state index contributed by atoms with van der Waals surface area (Å²) in [5, 5.41) is 3.56. The zero-order chi connectivity index (χ0) is 17.4. The summed E-state index contributed by atoms with van der Waals surface area (Å²) in [6.45, 7) is 6.16. The lowest BCUT2D eigenvalue weighted by Gasteiger charge is -2.19. The molecule has 0 fully saturated rings. The fourth-order valence-corrected chi connectivity index (χ4v) is 2.89. The lowest BCUT2D eigenvalue weighted by atomic mass is 10.1. The molecule has 6 heteroatoms. The summed E-state index contributed by atoms with van der Waals surface area (Å²) in [5.74, 6) is 0. The van der Waals surface area contributed by atoms with Gasteiger partial charge in [-0.15, -0.1) is 0 Å². The van der Waals surface area contributed by atoms with Crippen LogP contribution in [0.4, 0.5) is 5.69 Å².